The fourth-order valence-corrected chi connectivity index (χ4v) is 4.42. The smallest absolute Gasteiger partial charge is 0.336 e. The molecule has 0 aliphatic carbocycles. The Balaban J connectivity index is 1.64. The zero-order chi connectivity index (χ0) is 20.5. The number of rotatable bonds is 5. The molecule has 0 spiro atoms. The summed E-state index contributed by atoms with van der Waals surface area (Å²) in [5.74, 6) is 1.37. The summed E-state index contributed by atoms with van der Waals surface area (Å²) in [7, 11) is 1.94. The lowest BCUT2D eigenvalue weighted by atomic mass is 10.1. The quantitative estimate of drug-likeness (QED) is 0.316. The molecule has 0 N–H and O–H groups in total. The highest BCUT2D eigenvalue weighted by Gasteiger charge is 2.14. The van der Waals surface area contributed by atoms with Crippen molar-refractivity contribution >= 4 is 34.3 Å². The van der Waals surface area contributed by atoms with E-state index in [9.17, 15) is 4.79 Å². The minimum absolute atomic E-state index is 0.365. The van der Waals surface area contributed by atoms with Crippen molar-refractivity contribution in [2.24, 2.45) is 7.05 Å². The van der Waals surface area contributed by atoms with Gasteiger partial charge in [0.1, 0.15) is 5.58 Å². The van der Waals surface area contributed by atoms with Gasteiger partial charge in [0.05, 0.1) is 0 Å². The van der Waals surface area contributed by atoms with Gasteiger partial charge in [-0.25, -0.2) is 4.79 Å². The summed E-state index contributed by atoms with van der Waals surface area (Å²) in [6, 6.07) is 13.4. The Morgan fingerprint density at radius 3 is 2.59 bits per heavy atom. The summed E-state index contributed by atoms with van der Waals surface area (Å²) < 4.78 is 7.35. The van der Waals surface area contributed by atoms with Gasteiger partial charge in [-0.15, -0.1) is 10.2 Å². The van der Waals surface area contributed by atoms with Crippen LogP contribution in [0.2, 0.25) is 5.02 Å². The molecule has 0 bridgehead atoms. The third-order valence-electron chi connectivity index (χ3n) is 4.88. The summed E-state index contributed by atoms with van der Waals surface area (Å²) in [5, 5.41) is 11.0. The molecule has 4 aromatic rings. The van der Waals surface area contributed by atoms with Crippen molar-refractivity contribution in [3.8, 4) is 11.4 Å². The van der Waals surface area contributed by atoms with Crippen LogP contribution in [-0.4, -0.2) is 14.8 Å². The van der Waals surface area contributed by atoms with Crippen molar-refractivity contribution in [2.75, 3.05) is 0 Å². The average Bonchev–Trinajstić information content (AvgIpc) is 3.07. The standard InChI is InChI=1S/C22H20ClN3O2S/c1-4-14-9-19-17(11-18(14)23)16(10-20(27)28-19)12-29-22-25-24-21(26(22)3)15-7-5-13(2)6-8-15/h5-11H,4,12H2,1-3H3. The molecule has 29 heavy (non-hydrogen) atoms. The number of nitrogens with zero attached hydrogens (tertiary/aromatic N) is 3. The van der Waals surface area contributed by atoms with Crippen molar-refractivity contribution < 1.29 is 4.42 Å². The van der Waals surface area contributed by atoms with Crippen LogP contribution >= 0.6 is 23.4 Å². The van der Waals surface area contributed by atoms with Crippen LogP contribution in [0.5, 0.6) is 0 Å². The predicted octanol–water partition coefficient (Wildman–Crippen LogP) is 5.41. The highest BCUT2D eigenvalue weighted by molar-refractivity contribution is 7.98. The molecule has 7 heteroatoms. The lowest BCUT2D eigenvalue weighted by Gasteiger charge is -2.08. The Hall–Kier alpha value is -2.57. The number of benzene rings is 2. The van der Waals surface area contributed by atoms with Crippen molar-refractivity contribution in [2.45, 2.75) is 31.2 Å². The molecule has 0 fully saturated rings. The molecular formula is C22H20ClN3O2S. The monoisotopic (exact) mass is 425 g/mol. The maximum atomic E-state index is 12.0. The summed E-state index contributed by atoms with van der Waals surface area (Å²) in [6.07, 6.45) is 0.776. The minimum atomic E-state index is -0.365. The number of fused-ring (bicyclic) bond motifs is 1. The molecule has 0 atom stereocenters. The van der Waals surface area contributed by atoms with Crippen LogP contribution in [0.1, 0.15) is 23.6 Å². The van der Waals surface area contributed by atoms with Gasteiger partial charge in [0.25, 0.3) is 0 Å². The van der Waals surface area contributed by atoms with Gasteiger partial charge in [-0.05, 0) is 36.6 Å². The average molecular weight is 426 g/mol. The number of halogens is 1. The third-order valence-corrected chi connectivity index (χ3v) is 6.30. The SMILES string of the molecule is CCc1cc2oc(=O)cc(CSc3nnc(-c4ccc(C)cc4)n3C)c2cc1Cl. The van der Waals surface area contributed by atoms with Crippen molar-refractivity contribution in [3.63, 3.8) is 0 Å². The molecular weight excluding hydrogens is 406 g/mol. The van der Waals surface area contributed by atoms with Crippen LogP contribution < -0.4 is 5.63 Å². The summed E-state index contributed by atoms with van der Waals surface area (Å²) in [5.41, 5.74) is 4.24. The highest BCUT2D eigenvalue weighted by Crippen LogP contribution is 2.30. The fraction of sp³-hybridized carbons (Fsp3) is 0.227. The van der Waals surface area contributed by atoms with E-state index in [1.54, 1.807) is 0 Å². The van der Waals surface area contributed by atoms with Crippen molar-refractivity contribution in [1.82, 2.24) is 14.8 Å². The molecule has 0 aliphatic heterocycles. The van der Waals surface area contributed by atoms with Crippen LogP contribution in [0.25, 0.3) is 22.4 Å². The first-order valence-electron chi connectivity index (χ1n) is 9.30. The molecule has 0 saturated heterocycles. The van der Waals surface area contributed by atoms with Gasteiger partial charge >= 0.3 is 5.63 Å². The molecule has 2 aromatic heterocycles. The largest absolute Gasteiger partial charge is 0.423 e. The Morgan fingerprint density at radius 1 is 1.10 bits per heavy atom. The molecule has 0 aliphatic rings. The van der Waals surface area contributed by atoms with E-state index >= 15 is 0 Å². The van der Waals surface area contributed by atoms with Crippen LogP contribution in [0.15, 0.2) is 56.8 Å². The number of hydrogen-bond donors (Lipinski definition) is 0. The molecule has 5 nitrogen and oxygen atoms in total. The van der Waals surface area contributed by atoms with E-state index < -0.39 is 0 Å². The second kappa shape index (κ2) is 8.05. The van der Waals surface area contributed by atoms with E-state index in [-0.39, 0.29) is 5.63 Å². The normalized spacial score (nSPS) is 11.3. The first kappa shape index (κ1) is 19.7. The summed E-state index contributed by atoms with van der Waals surface area (Å²) in [6.45, 7) is 4.07. The van der Waals surface area contributed by atoms with E-state index in [1.807, 2.05) is 42.8 Å². The van der Waals surface area contributed by atoms with Crippen molar-refractivity contribution in [1.29, 1.82) is 0 Å². The van der Waals surface area contributed by atoms with Crippen molar-refractivity contribution in [3.05, 3.63) is 74.6 Å². The van der Waals surface area contributed by atoms with E-state index in [0.29, 0.717) is 16.4 Å². The minimum Gasteiger partial charge on any atom is -0.423 e. The topological polar surface area (TPSA) is 60.9 Å². The maximum Gasteiger partial charge on any atom is 0.336 e. The number of aryl methyl sites for hydroxylation is 2. The molecule has 0 unspecified atom stereocenters. The molecule has 148 valence electrons. The lowest BCUT2D eigenvalue weighted by Crippen LogP contribution is -2.01. The van der Waals surface area contributed by atoms with Crippen LogP contribution in [-0.2, 0) is 19.2 Å². The molecule has 2 heterocycles. The predicted molar refractivity (Wildman–Crippen MR) is 118 cm³/mol. The van der Waals surface area contributed by atoms with E-state index in [1.165, 1.54) is 23.4 Å². The lowest BCUT2D eigenvalue weighted by molar-refractivity contribution is 0.559. The number of aromatic nitrogens is 3. The van der Waals surface area contributed by atoms with Crippen LogP contribution in [0.4, 0.5) is 0 Å². The Labute approximate surface area is 177 Å². The Bertz CT molecular complexity index is 1250. The number of thioether (sulfide) groups is 1. The van der Waals surface area contributed by atoms with Crippen LogP contribution in [0, 0.1) is 6.92 Å². The van der Waals surface area contributed by atoms with E-state index in [4.69, 9.17) is 16.0 Å². The fourth-order valence-electron chi connectivity index (χ4n) is 3.22. The second-order valence-corrected chi connectivity index (χ2v) is 8.25. The third kappa shape index (κ3) is 3.95. The Kier molecular flexibility index (Phi) is 5.48. The van der Waals surface area contributed by atoms with E-state index in [2.05, 4.69) is 29.3 Å². The van der Waals surface area contributed by atoms with E-state index in [0.717, 1.165) is 39.5 Å². The zero-order valence-electron chi connectivity index (χ0n) is 16.4. The van der Waals surface area contributed by atoms with Gasteiger partial charge in [-0.2, -0.15) is 0 Å². The zero-order valence-corrected chi connectivity index (χ0v) is 18.0. The number of hydrogen-bond acceptors (Lipinski definition) is 5. The second-order valence-electron chi connectivity index (χ2n) is 6.90. The molecule has 0 amide bonds. The summed E-state index contributed by atoms with van der Waals surface area (Å²) >= 11 is 7.91. The van der Waals surface area contributed by atoms with Gasteiger partial charge in [0.2, 0.25) is 0 Å². The van der Waals surface area contributed by atoms with Gasteiger partial charge in [0.15, 0.2) is 11.0 Å². The van der Waals surface area contributed by atoms with Crippen LogP contribution in [0.3, 0.4) is 0 Å². The maximum absolute atomic E-state index is 12.0. The Morgan fingerprint density at radius 2 is 1.86 bits per heavy atom. The first-order chi connectivity index (χ1) is 14.0. The van der Waals surface area contributed by atoms with Gasteiger partial charge in [-0.3, -0.25) is 0 Å². The van der Waals surface area contributed by atoms with Gasteiger partial charge in [-0.1, -0.05) is 60.1 Å². The van der Waals surface area contributed by atoms with Gasteiger partial charge in [0, 0.05) is 34.8 Å². The molecule has 0 radical (unpaired) electrons. The molecule has 4 rings (SSSR count). The molecule has 2 aromatic carbocycles. The molecule has 0 saturated carbocycles. The highest BCUT2D eigenvalue weighted by atomic mass is 35.5. The summed E-state index contributed by atoms with van der Waals surface area (Å²) in [4.78, 5) is 12.0. The van der Waals surface area contributed by atoms with Gasteiger partial charge < -0.3 is 8.98 Å². The first-order valence-corrected chi connectivity index (χ1v) is 10.7.